The minimum absolute atomic E-state index is 0.0969. The van der Waals surface area contributed by atoms with Crippen molar-refractivity contribution in [1.82, 2.24) is 9.88 Å². The summed E-state index contributed by atoms with van der Waals surface area (Å²) in [5, 5.41) is 3.38. The highest BCUT2D eigenvalue weighted by Gasteiger charge is 2.21. The van der Waals surface area contributed by atoms with Crippen molar-refractivity contribution in [2.75, 3.05) is 24.7 Å². The molecule has 1 aliphatic rings. The molecule has 10 heteroatoms. The van der Waals surface area contributed by atoms with Crippen molar-refractivity contribution in [1.29, 1.82) is 0 Å². The Bertz CT molecular complexity index is 1250. The van der Waals surface area contributed by atoms with Crippen LogP contribution in [0.4, 0.5) is 6.01 Å². The van der Waals surface area contributed by atoms with Gasteiger partial charge >= 0.3 is 10.1 Å². The zero-order valence-corrected chi connectivity index (χ0v) is 22.3. The molecule has 0 radical (unpaired) electrons. The first kappa shape index (κ1) is 26.1. The van der Waals surface area contributed by atoms with E-state index in [1.807, 2.05) is 33.8 Å². The third-order valence-electron chi connectivity index (χ3n) is 5.61. The van der Waals surface area contributed by atoms with Crippen LogP contribution in [-0.4, -0.2) is 55.9 Å². The fourth-order valence-corrected chi connectivity index (χ4v) is 4.72. The van der Waals surface area contributed by atoms with Gasteiger partial charge in [0.05, 0.1) is 18.5 Å². The van der Waals surface area contributed by atoms with E-state index in [1.165, 1.54) is 5.56 Å². The Morgan fingerprint density at radius 1 is 1.00 bits per heavy atom. The van der Waals surface area contributed by atoms with Crippen LogP contribution in [0.3, 0.4) is 0 Å². The molecule has 0 unspecified atom stereocenters. The van der Waals surface area contributed by atoms with Crippen LogP contribution in [0.2, 0.25) is 0 Å². The molecule has 1 fully saturated rings. The predicted molar refractivity (Wildman–Crippen MR) is 139 cm³/mol. The van der Waals surface area contributed by atoms with Gasteiger partial charge in [0, 0.05) is 37.8 Å². The van der Waals surface area contributed by atoms with Crippen LogP contribution in [0.1, 0.15) is 46.1 Å². The first-order chi connectivity index (χ1) is 17.0. The number of likely N-dealkylation sites (tertiary alicyclic amines) is 1. The van der Waals surface area contributed by atoms with E-state index in [4.69, 9.17) is 18.1 Å². The fourth-order valence-electron chi connectivity index (χ4n) is 4.27. The smallest absolute Gasteiger partial charge is 0.306 e. The summed E-state index contributed by atoms with van der Waals surface area (Å²) in [6.07, 6.45) is 3.09. The largest absolute Gasteiger partial charge is 0.491 e. The number of aromatic nitrogens is 1. The van der Waals surface area contributed by atoms with Crippen LogP contribution in [0.15, 0.2) is 40.8 Å². The van der Waals surface area contributed by atoms with E-state index in [0.29, 0.717) is 17.1 Å². The van der Waals surface area contributed by atoms with Gasteiger partial charge in [-0.1, -0.05) is 0 Å². The second-order valence-corrected chi connectivity index (χ2v) is 11.4. The Labute approximate surface area is 212 Å². The number of nitrogens with one attached hydrogen (secondary N) is 1. The quantitative estimate of drug-likeness (QED) is 0.379. The lowest BCUT2D eigenvalue weighted by atomic mass is 10.0. The fraction of sp³-hybridized carbons (Fsp3) is 0.500. The average molecular weight is 518 g/mol. The molecule has 36 heavy (non-hydrogen) atoms. The molecule has 2 aromatic carbocycles. The van der Waals surface area contributed by atoms with E-state index >= 15 is 0 Å². The summed E-state index contributed by atoms with van der Waals surface area (Å²) in [7, 11) is -3.60. The monoisotopic (exact) mass is 517 g/mol. The number of fused-ring (bicyclic) bond motifs is 1. The molecule has 2 heterocycles. The highest BCUT2D eigenvalue weighted by molar-refractivity contribution is 7.86. The summed E-state index contributed by atoms with van der Waals surface area (Å²) in [5.74, 6) is 1.87. The third-order valence-corrected chi connectivity index (χ3v) is 6.11. The molecular formula is C26H35N3O6S. The number of benzene rings is 2. The molecule has 1 N–H and O–H groups in total. The van der Waals surface area contributed by atoms with Crippen LogP contribution in [0.25, 0.3) is 11.1 Å². The van der Waals surface area contributed by atoms with Crippen molar-refractivity contribution in [3.05, 3.63) is 42.0 Å². The molecule has 1 saturated heterocycles. The Kier molecular flexibility index (Phi) is 7.94. The molecule has 1 aromatic heterocycles. The maximum absolute atomic E-state index is 11.4. The van der Waals surface area contributed by atoms with Crippen molar-refractivity contribution in [3.8, 4) is 17.2 Å². The van der Waals surface area contributed by atoms with Crippen molar-refractivity contribution >= 4 is 27.2 Å². The highest BCUT2D eigenvalue weighted by atomic mass is 32.2. The normalized spacial score (nSPS) is 15.5. The van der Waals surface area contributed by atoms with Gasteiger partial charge in [0.1, 0.15) is 22.8 Å². The molecule has 0 atom stereocenters. The van der Waals surface area contributed by atoms with Gasteiger partial charge in [0.25, 0.3) is 6.01 Å². The lowest BCUT2D eigenvalue weighted by Gasteiger charge is -2.32. The second-order valence-electron chi connectivity index (χ2n) is 9.78. The standard InChI is InChI=1S/C26H35N3O6S/c1-17(2)32-22-12-19(13-23(14-22)33-18(3)4)16-29-10-8-20(9-11-29)27-26-28-24-15-21(35-36(5,30)31)6-7-25(24)34-26/h6-7,12-15,17-18,20H,8-11,16H2,1-5H3,(H,27,28). The van der Waals surface area contributed by atoms with Crippen LogP contribution >= 0.6 is 0 Å². The first-order valence-electron chi connectivity index (χ1n) is 12.3. The van der Waals surface area contributed by atoms with Crippen LogP contribution in [0.5, 0.6) is 17.2 Å². The summed E-state index contributed by atoms with van der Waals surface area (Å²) in [4.78, 5) is 6.88. The number of hydrogen-bond acceptors (Lipinski definition) is 9. The number of piperidine rings is 1. The molecule has 0 spiro atoms. The minimum Gasteiger partial charge on any atom is -0.491 e. The van der Waals surface area contributed by atoms with Crippen molar-refractivity contribution in [2.24, 2.45) is 0 Å². The summed E-state index contributed by atoms with van der Waals surface area (Å²) in [6.45, 7) is 10.8. The Morgan fingerprint density at radius 2 is 1.64 bits per heavy atom. The number of ether oxygens (including phenoxy) is 2. The number of hydrogen-bond donors (Lipinski definition) is 1. The maximum Gasteiger partial charge on any atom is 0.306 e. The van der Waals surface area contributed by atoms with E-state index in [1.54, 1.807) is 18.2 Å². The molecule has 0 aliphatic carbocycles. The SMILES string of the molecule is CC(C)Oc1cc(CN2CCC(Nc3nc4cc(OS(C)(=O)=O)ccc4o3)CC2)cc(OC(C)C)c1. The minimum atomic E-state index is -3.60. The number of oxazole rings is 1. The van der Waals surface area contributed by atoms with E-state index in [2.05, 4.69) is 27.3 Å². The molecule has 0 amide bonds. The summed E-state index contributed by atoms with van der Waals surface area (Å²) < 4.78 is 45.4. The maximum atomic E-state index is 11.4. The molecule has 1 aliphatic heterocycles. The van der Waals surface area contributed by atoms with E-state index in [0.717, 1.165) is 50.2 Å². The van der Waals surface area contributed by atoms with Crippen LogP contribution in [0, 0.1) is 0 Å². The Balaban J connectivity index is 1.35. The molecule has 0 bridgehead atoms. The molecule has 0 saturated carbocycles. The van der Waals surface area contributed by atoms with Gasteiger partial charge in [-0.2, -0.15) is 13.4 Å². The van der Waals surface area contributed by atoms with Crippen LogP contribution in [-0.2, 0) is 16.7 Å². The predicted octanol–water partition coefficient (Wildman–Crippen LogP) is 4.82. The van der Waals surface area contributed by atoms with Gasteiger partial charge < -0.3 is 23.4 Å². The van der Waals surface area contributed by atoms with Crippen molar-refractivity contribution in [3.63, 3.8) is 0 Å². The zero-order valence-electron chi connectivity index (χ0n) is 21.5. The van der Waals surface area contributed by atoms with E-state index < -0.39 is 10.1 Å². The van der Waals surface area contributed by atoms with Crippen molar-refractivity contribution < 1.29 is 26.5 Å². The Morgan fingerprint density at radius 3 is 2.22 bits per heavy atom. The average Bonchev–Trinajstić information content (AvgIpc) is 3.14. The number of anilines is 1. The molecule has 196 valence electrons. The molecule has 9 nitrogen and oxygen atoms in total. The lowest BCUT2D eigenvalue weighted by molar-refractivity contribution is 0.207. The zero-order chi connectivity index (χ0) is 25.9. The van der Waals surface area contributed by atoms with E-state index in [-0.39, 0.29) is 24.0 Å². The summed E-state index contributed by atoms with van der Waals surface area (Å²) in [5.41, 5.74) is 2.28. The van der Waals surface area contributed by atoms with Gasteiger partial charge in [-0.15, -0.1) is 0 Å². The first-order valence-corrected chi connectivity index (χ1v) is 14.1. The van der Waals surface area contributed by atoms with Gasteiger partial charge in [0.15, 0.2) is 5.58 Å². The molecule has 3 aromatic rings. The van der Waals surface area contributed by atoms with Gasteiger partial charge in [-0.25, -0.2) is 0 Å². The van der Waals surface area contributed by atoms with Gasteiger partial charge in [-0.05, 0) is 70.4 Å². The van der Waals surface area contributed by atoms with Crippen LogP contribution < -0.4 is 19.0 Å². The molecular weight excluding hydrogens is 482 g/mol. The second kappa shape index (κ2) is 11.0. The third kappa shape index (κ3) is 7.51. The lowest BCUT2D eigenvalue weighted by Crippen LogP contribution is -2.38. The highest BCUT2D eigenvalue weighted by Crippen LogP contribution is 2.28. The number of nitrogens with zero attached hydrogens (tertiary/aromatic N) is 2. The number of rotatable bonds is 10. The van der Waals surface area contributed by atoms with Gasteiger partial charge in [0.2, 0.25) is 0 Å². The van der Waals surface area contributed by atoms with E-state index in [9.17, 15) is 8.42 Å². The Hall–Kier alpha value is -2.98. The van der Waals surface area contributed by atoms with Gasteiger partial charge in [-0.3, -0.25) is 4.90 Å². The summed E-state index contributed by atoms with van der Waals surface area (Å²) in [6, 6.07) is 11.6. The summed E-state index contributed by atoms with van der Waals surface area (Å²) >= 11 is 0. The van der Waals surface area contributed by atoms with Crippen molar-refractivity contribution in [2.45, 2.75) is 65.3 Å². The molecule has 4 rings (SSSR count). The topological polar surface area (TPSA) is 103 Å².